The van der Waals surface area contributed by atoms with Crippen molar-refractivity contribution in [3.63, 3.8) is 0 Å². The summed E-state index contributed by atoms with van der Waals surface area (Å²) in [5.41, 5.74) is 2.70. The summed E-state index contributed by atoms with van der Waals surface area (Å²) in [4.78, 5) is 29.9. The first-order chi connectivity index (χ1) is 15.3. The van der Waals surface area contributed by atoms with Crippen LogP contribution >= 0.6 is 11.6 Å². The summed E-state index contributed by atoms with van der Waals surface area (Å²) in [6.07, 6.45) is 2.69. The van der Waals surface area contributed by atoms with Gasteiger partial charge in [-0.15, -0.1) is 0 Å². The summed E-state index contributed by atoms with van der Waals surface area (Å²) < 4.78 is 19.9. The van der Waals surface area contributed by atoms with E-state index in [2.05, 4.69) is 4.98 Å². The van der Waals surface area contributed by atoms with Crippen LogP contribution in [-0.2, 0) is 11.2 Å². The van der Waals surface area contributed by atoms with Crippen LogP contribution in [0.3, 0.4) is 0 Å². The SMILES string of the molecule is CCC(=O)N(C)c1ccc(-c2ccc(C(=O)CCc3cccnc3OC)cc2Cl)cc1F. The number of hydrogen-bond acceptors (Lipinski definition) is 4. The highest BCUT2D eigenvalue weighted by molar-refractivity contribution is 6.33. The molecule has 0 aliphatic heterocycles. The van der Waals surface area contributed by atoms with Crippen molar-refractivity contribution >= 4 is 29.0 Å². The minimum absolute atomic E-state index is 0.0643. The molecule has 0 saturated carbocycles. The summed E-state index contributed by atoms with van der Waals surface area (Å²) >= 11 is 6.43. The number of aryl methyl sites for hydroxylation is 1. The number of carbonyl (C=O) groups excluding carboxylic acids is 2. The molecule has 3 aromatic rings. The zero-order valence-corrected chi connectivity index (χ0v) is 18.9. The third kappa shape index (κ3) is 5.14. The molecule has 3 rings (SSSR count). The smallest absolute Gasteiger partial charge is 0.226 e. The lowest BCUT2D eigenvalue weighted by Crippen LogP contribution is -2.25. The molecule has 0 fully saturated rings. The minimum atomic E-state index is -0.520. The Balaban J connectivity index is 1.77. The molecule has 0 bridgehead atoms. The van der Waals surface area contributed by atoms with Gasteiger partial charge < -0.3 is 9.64 Å². The maximum Gasteiger partial charge on any atom is 0.226 e. The molecule has 2 aromatic carbocycles. The summed E-state index contributed by atoms with van der Waals surface area (Å²) in [6, 6.07) is 13.2. The van der Waals surface area contributed by atoms with Gasteiger partial charge in [-0.2, -0.15) is 0 Å². The number of rotatable bonds is 8. The van der Waals surface area contributed by atoms with E-state index in [-0.39, 0.29) is 30.2 Å². The number of ketones is 1. The number of Topliss-reactive ketones (excluding diaryl/α,β-unsaturated/α-hetero) is 1. The highest BCUT2D eigenvalue weighted by atomic mass is 35.5. The Bertz CT molecular complexity index is 1150. The maximum absolute atomic E-state index is 14.6. The van der Waals surface area contributed by atoms with E-state index in [1.165, 1.54) is 11.0 Å². The van der Waals surface area contributed by atoms with E-state index in [4.69, 9.17) is 16.3 Å². The monoisotopic (exact) mass is 454 g/mol. The normalized spacial score (nSPS) is 10.7. The van der Waals surface area contributed by atoms with Crippen LogP contribution in [0.5, 0.6) is 5.88 Å². The quantitative estimate of drug-likeness (QED) is 0.407. The van der Waals surface area contributed by atoms with Crippen LogP contribution in [0.1, 0.15) is 35.7 Å². The number of aromatic nitrogens is 1. The third-order valence-electron chi connectivity index (χ3n) is 5.25. The molecule has 1 aromatic heterocycles. The van der Waals surface area contributed by atoms with Gasteiger partial charge in [0.15, 0.2) is 5.78 Å². The molecule has 0 saturated heterocycles. The largest absolute Gasteiger partial charge is 0.481 e. The first kappa shape index (κ1) is 23.4. The van der Waals surface area contributed by atoms with Crippen molar-refractivity contribution in [3.8, 4) is 17.0 Å². The van der Waals surface area contributed by atoms with Crippen molar-refractivity contribution in [1.82, 2.24) is 4.98 Å². The van der Waals surface area contributed by atoms with Gasteiger partial charge in [0, 0.05) is 47.8 Å². The van der Waals surface area contributed by atoms with E-state index in [1.54, 1.807) is 63.7 Å². The molecule has 5 nitrogen and oxygen atoms in total. The van der Waals surface area contributed by atoms with E-state index in [9.17, 15) is 14.0 Å². The molecule has 0 spiro atoms. The van der Waals surface area contributed by atoms with Crippen molar-refractivity contribution in [2.24, 2.45) is 0 Å². The number of nitrogens with zero attached hydrogens (tertiary/aromatic N) is 2. The van der Waals surface area contributed by atoms with E-state index < -0.39 is 5.82 Å². The molecule has 32 heavy (non-hydrogen) atoms. The summed E-state index contributed by atoms with van der Waals surface area (Å²) in [7, 11) is 3.08. The van der Waals surface area contributed by atoms with Gasteiger partial charge in [-0.1, -0.05) is 42.8 Å². The van der Waals surface area contributed by atoms with Crippen molar-refractivity contribution in [2.45, 2.75) is 26.2 Å². The molecule has 7 heteroatoms. The predicted molar refractivity (Wildman–Crippen MR) is 124 cm³/mol. The second-order valence-corrected chi connectivity index (χ2v) is 7.67. The molecule has 0 aliphatic carbocycles. The van der Waals surface area contributed by atoms with E-state index in [0.29, 0.717) is 34.0 Å². The number of methoxy groups -OCH3 is 1. The van der Waals surface area contributed by atoms with Crippen LogP contribution in [0.2, 0.25) is 5.02 Å². The number of anilines is 1. The average Bonchev–Trinajstić information content (AvgIpc) is 2.81. The number of halogens is 2. The van der Waals surface area contributed by atoms with Crippen molar-refractivity contribution in [3.05, 3.63) is 76.7 Å². The number of benzene rings is 2. The van der Waals surface area contributed by atoms with Crippen LogP contribution in [-0.4, -0.2) is 30.8 Å². The van der Waals surface area contributed by atoms with Crippen LogP contribution in [0.25, 0.3) is 11.1 Å². The fourth-order valence-corrected chi connectivity index (χ4v) is 3.72. The van der Waals surface area contributed by atoms with Crippen molar-refractivity contribution in [2.75, 3.05) is 19.1 Å². The lowest BCUT2D eigenvalue weighted by molar-refractivity contribution is -0.118. The second-order valence-electron chi connectivity index (χ2n) is 7.26. The minimum Gasteiger partial charge on any atom is -0.481 e. The van der Waals surface area contributed by atoms with Gasteiger partial charge in [-0.25, -0.2) is 9.37 Å². The highest BCUT2D eigenvalue weighted by Crippen LogP contribution is 2.32. The predicted octanol–water partition coefficient (Wildman–Crippen LogP) is 5.74. The highest BCUT2D eigenvalue weighted by Gasteiger charge is 2.16. The van der Waals surface area contributed by atoms with Crippen LogP contribution in [0, 0.1) is 5.82 Å². The molecule has 0 radical (unpaired) electrons. The van der Waals surface area contributed by atoms with Gasteiger partial charge in [-0.3, -0.25) is 9.59 Å². The number of amides is 1. The first-order valence-corrected chi connectivity index (χ1v) is 10.6. The summed E-state index contributed by atoms with van der Waals surface area (Å²) in [6.45, 7) is 1.72. The number of hydrogen-bond donors (Lipinski definition) is 0. The summed E-state index contributed by atoms with van der Waals surface area (Å²) in [5, 5.41) is 0.347. The van der Waals surface area contributed by atoms with Gasteiger partial charge in [0.05, 0.1) is 12.8 Å². The van der Waals surface area contributed by atoms with Crippen LogP contribution < -0.4 is 9.64 Å². The fraction of sp³-hybridized carbons (Fsp3) is 0.240. The topological polar surface area (TPSA) is 59.5 Å². The van der Waals surface area contributed by atoms with Crippen LogP contribution in [0.15, 0.2) is 54.7 Å². The molecule has 0 N–H and O–H groups in total. The van der Waals surface area contributed by atoms with Gasteiger partial charge in [-0.05, 0) is 36.2 Å². The Labute approximate surface area is 191 Å². The third-order valence-corrected chi connectivity index (χ3v) is 5.57. The van der Waals surface area contributed by atoms with Gasteiger partial charge in [0.2, 0.25) is 11.8 Å². The molecule has 0 aliphatic rings. The van der Waals surface area contributed by atoms with E-state index >= 15 is 0 Å². The lowest BCUT2D eigenvalue weighted by atomic mass is 9.99. The van der Waals surface area contributed by atoms with Gasteiger partial charge >= 0.3 is 0 Å². The molecule has 0 atom stereocenters. The molecule has 1 heterocycles. The Morgan fingerprint density at radius 1 is 1.16 bits per heavy atom. The Hall–Kier alpha value is -3.25. The summed E-state index contributed by atoms with van der Waals surface area (Å²) in [5.74, 6) is -0.258. The average molecular weight is 455 g/mol. The van der Waals surface area contributed by atoms with E-state index in [1.807, 2.05) is 6.07 Å². The van der Waals surface area contributed by atoms with E-state index in [0.717, 1.165) is 5.56 Å². The number of carbonyl (C=O) groups is 2. The number of ether oxygens (including phenoxy) is 1. The van der Waals surface area contributed by atoms with Crippen molar-refractivity contribution in [1.29, 1.82) is 0 Å². The molecular formula is C25H24ClFN2O3. The van der Waals surface area contributed by atoms with Crippen molar-refractivity contribution < 1.29 is 18.7 Å². The molecular weight excluding hydrogens is 431 g/mol. The number of pyridine rings is 1. The standard InChI is InChI=1S/C25H24ClFN2O3/c1-4-24(31)29(2)22-11-8-17(15-21(22)27)19-10-7-18(14-20(19)26)23(30)12-9-16-6-5-13-28-25(16)32-3/h5-8,10-11,13-15H,4,9,12H2,1-3H3. The fourth-order valence-electron chi connectivity index (χ4n) is 3.43. The zero-order chi connectivity index (χ0) is 23.3. The molecule has 1 amide bonds. The van der Waals surface area contributed by atoms with Crippen LogP contribution in [0.4, 0.5) is 10.1 Å². The molecule has 0 unspecified atom stereocenters. The Morgan fingerprint density at radius 3 is 2.59 bits per heavy atom. The maximum atomic E-state index is 14.6. The molecule has 166 valence electrons. The lowest BCUT2D eigenvalue weighted by Gasteiger charge is -2.18. The van der Waals surface area contributed by atoms with Gasteiger partial charge in [0.1, 0.15) is 5.82 Å². The van der Waals surface area contributed by atoms with Gasteiger partial charge in [0.25, 0.3) is 0 Å². The Kier molecular flexibility index (Phi) is 7.59. The second kappa shape index (κ2) is 10.4. The zero-order valence-electron chi connectivity index (χ0n) is 18.2. The Morgan fingerprint density at radius 2 is 1.94 bits per heavy atom. The first-order valence-electron chi connectivity index (χ1n) is 10.2.